The van der Waals surface area contributed by atoms with Gasteiger partial charge in [0.05, 0.1) is 12.9 Å². The molecular weight excluding hydrogens is 392 g/mol. The third-order valence-electron chi connectivity index (χ3n) is 5.79. The predicted molar refractivity (Wildman–Crippen MR) is 120 cm³/mol. The molecule has 2 saturated heterocycles. The summed E-state index contributed by atoms with van der Waals surface area (Å²) in [6.07, 6.45) is 7.20. The maximum atomic E-state index is 12.6. The number of guanidine groups is 1. The molecule has 2 aliphatic rings. The molecule has 1 amide bonds. The fourth-order valence-electron chi connectivity index (χ4n) is 4.05. The number of benzene rings is 1. The van der Waals surface area contributed by atoms with Crippen molar-refractivity contribution >= 4 is 11.9 Å². The standard InChI is InChI=1S/C23H32N6O2/c1-2-25-23(29-13-11-28(12-14-29)22(30)21-4-3-15-31-21)26-16-19-5-7-20(8-6-19)17-27-10-9-24-18-27/h5-10,18,21H,2-4,11-17H2,1H3,(H,25,26). The Balaban J connectivity index is 1.31. The van der Waals surface area contributed by atoms with E-state index in [0.29, 0.717) is 26.2 Å². The summed E-state index contributed by atoms with van der Waals surface area (Å²) in [6.45, 7) is 8.05. The predicted octanol–water partition coefficient (Wildman–Crippen LogP) is 1.72. The van der Waals surface area contributed by atoms with E-state index >= 15 is 0 Å². The van der Waals surface area contributed by atoms with Crippen LogP contribution in [0.1, 0.15) is 30.9 Å². The number of hydrogen-bond acceptors (Lipinski definition) is 4. The summed E-state index contributed by atoms with van der Waals surface area (Å²) in [5, 5.41) is 3.40. The van der Waals surface area contributed by atoms with Crippen LogP contribution in [0.5, 0.6) is 0 Å². The van der Waals surface area contributed by atoms with E-state index in [1.54, 1.807) is 6.20 Å². The molecule has 2 aliphatic heterocycles. The van der Waals surface area contributed by atoms with E-state index < -0.39 is 0 Å². The Morgan fingerprint density at radius 2 is 1.90 bits per heavy atom. The van der Waals surface area contributed by atoms with Crippen molar-refractivity contribution in [2.75, 3.05) is 39.3 Å². The first-order chi connectivity index (χ1) is 15.2. The number of piperazine rings is 1. The lowest BCUT2D eigenvalue weighted by Crippen LogP contribution is -2.55. The fraction of sp³-hybridized carbons (Fsp3) is 0.522. The van der Waals surface area contributed by atoms with E-state index in [-0.39, 0.29) is 12.0 Å². The Labute approximate surface area is 183 Å². The summed E-state index contributed by atoms with van der Waals surface area (Å²) in [7, 11) is 0. The van der Waals surface area contributed by atoms with Gasteiger partial charge in [-0.15, -0.1) is 0 Å². The van der Waals surface area contributed by atoms with Crippen LogP contribution in [-0.4, -0.2) is 76.7 Å². The molecule has 0 aliphatic carbocycles. The second-order valence-electron chi connectivity index (χ2n) is 8.04. The zero-order valence-electron chi connectivity index (χ0n) is 18.2. The van der Waals surface area contributed by atoms with E-state index in [9.17, 15) is 4.79 Å². The van der Waals surface area contributed by atoms with E-state index in [0.717, 1.165) is 45.0 Å². The van der Waals surface area contributed by atoms with Crippen LogP contribution in [-0.2, 0) is 22.6 Å². The van der Waals surface area contributed by atoms with E-state index in [1.165, 1.54) is 11.1 Å². The van der Waals surface area contributed by atoms with Crippen LogP contribution in [0, 0.1) is 0 Å². The minimum Gasteiger partial charge on any atom is -0.368 e. The summed E-state index contributed by atoms with van der Waals surface area (Å²) in [5.41, 5.74) is 2.42. The first-order valence-corrected chi connectivity index (χ1v) is 11.2. The highest BCUT2D eigenvalue weighted by molar-refractivity contribution is 5.82. The molecule has 2 fully saturated rings. The molecule has 8 nitrogen and oxygen atoms in total. The largest absolute Gasteiger partial charge is 0.368 e. The van der Waals surface area contributed by atoms with Crippen LogP contribution < -0.4 is 5.32 Å². The molecule has 0 bridgehead atoms. The molecular formula is C23H32N6O2. The van der Waals surface area contributed by atoms with Gasteiger partial charge in [-0.05, 0) is 30.9 Å². The molecule has 1 atom stereocenters. The molecule has 3 heterocycles. The first kappa shape index (κ1) is 21.4. The highest BCUT2D eigenvalue weighted by atomic mass is 16.5. The van der Waals surface area contributed by atoms with Crippen LogP contribution in [0.25, 0.3) is 0 Å². The van der Waals surface area contributed by atoms with Gasteiger partial charge in [-0.1, -0.05) is 24.3 Å². The van der Waals surface area contributed by atoms with Crippen molar-refractivity contribution in [3.8, 4) is 0 Å². The maximum absolute atomic E-state index is 12.6. The Hall–Kier alpha value is -2.87. The number of nitrogens with one attached hydrogen (secondary N) is 1. The molecule has 166 valence electrons. The topological polar surface area (TPSA) is 75.0 Å². The van der Waals surface area contributed by atoms with Gasteiger partial charge in [0, 0.05) is 58.3 Å². The van der Waals surface area contributed by atoms with Gasteiger partial charge in [-0.2, -0.15) is 0 Å². The van der Waals surface area contributed by atoms with Crippen molar-refractivity contribution in [2.45, 2.75) is 39.0 Å². The third kappa shape index (κ3) is 5.64. The van der Waals surface area contributed by atoms with Gasteiger partial charge in [0.25, 0.3) is 5.91 Å². The van der Waals surface area contributed by atoms with Gasteiger partial charge in [0.15, 0.2) is 5.96 Å². The number of aromatic nitrogens is 2. The molecule has 0 spiro atoms. The number of hydrogen-bond donors (Lipinski definition) is 1. The minimum atomic E-state index is -0.231. The van der Waals surface area contributed by atoms with Crippen LogP contribution in [0.2, 0.25) is 0 Å². The molecule has 1 aromatic carbocycles. The number of aliphatic imine (C=N–C) groups is 1. The van der Waals surface area contributed by atoms with Crippen molar-refractivity contribution < 1.29 is 9.53 Å². The van der Waals surface area contributed by atoms with Gasteiger partial charge < -0.3 is 24.4 Å². The van der Waals surface area contributed by atoms with Crippen LogP contribution in [0.15, 0.2) is 48.0 Å². The number of amides is 1. The van der Waals surface area contributed by atoms with Gasteiger partial charge in [0.1, 0.15) is 6.10 Å². The van der Waals surface area contributed by atoms with Crippen molar-refractivity contribution in [1.82, 2.24) is 24.7 Å². The van der Waals surface area contributed by atoms with Crippen molar-refractivity contribution in [2.24, 2.45) is 4.99 Å². The van der Waals surface area contributed by atoms with Crippen LogP contribution in [0.3, 0.4) is 0 Å². The average molecular weight is 425 g/mol. The zero-order valence-corrected chi connectivity index (χ0v) is 18.2. The monoisotopic (exact) mass is 424 g/mol. The molecule has 31 heavy (non-hydrogen) atoms. The van der Waals surface area contributed by atoms with E-state index in [1.807, 2.05) is 17.4 Å². The van der Waals surface area contributed by atoms with Gasteiger partial charge >= 0.3 is 0 Å². The highest BCUT2D eigenvalue weighted by Gasteiger charge is 2.30. The molecule has 1 N–H and O–H groups in total. The number of nitrogens with zero attached hydrogens (tertiary/aromatic N) is 5. The SMILES string of the molecule is CCNC(=NCc1ccc(Cn2ccnc2)cc1)N1CCN(C(=O)C2CCCO2)CC1. The molecule has 4 rings (SSSR count). The number of rotatable bonds is 6. The normalized spacial score (nSPS) is 19.6. The summed E-state index contributed by atoms with van der Waals surface area (Å²) in [5.74, 6) is 1.06. The summed E-state index contributed by atoms with van der Waals surface area (Å²) in [4.78, 5) is 25.7. The first-order valence-electron chi connectivity index (χ1n) is 11.2. The van der Waals surface area contributed by atoms with Gasteiger partial charge in [-0.3, -0.25) is 4.79 Å². The van der Waals surface area contributed by atoms with Crippen molar-refractivity contribution in [1.29, 1.82) is 0 Å². The summed E-state index contributed by atoms with van der Waals surface area (Å²) >= 11 is 0. The average Bonchev–Trinajstić information content (AvgIpc) is 3.52. The van der Waals surface area contributed by atoms with Crippen molar-refractivity contribution in [3.05, 3.63) is 54.1 Å². The highest BCUT2D eigenvalue weighted by Crippen LogP contribution is 2.16. The lowest BCUT2D eigenvalue weighted by atomic mass is 10.1. The Bertz CT molecular complexity index is 851. The van der Waals surface area contributed by atoms with Crippen LogP contribution in [0.4, 0.5) is 0 Å². The van der Waals surface area contributed by atoms with Gasteiger partial charge in [-0.25, -0.2) is 9.98 Å². The molecule has 1 unspecified atom stereocenters. The quantitative estimate of drug-likeness (QED) is 0.565. The second kappa shape index (κ2) is 10.4. The van der Waals surface area contributed by atoms with Crippen LogP contribution >= 0.6 is 0 Å². The van der Waals surface area contributed by atoms with E-state index in [2.05, 4.69) is 51.0 Å². The van der Waals surface area contributed by atoms with E-state index in [4.69, 9.17) is 9.73 Å². The molecule has 0 radical (unpaired) electrons. The summed E-state index contributed by atoms with van der Waals surface area (Å²) in [6, 6.07) is 8.57. The minimum absolute atomic E-state index is 0.148. The lowest BCUT2D eigenvalue weighted by molar-refractivity contribution is -0.142. The number of carbonyl (C=O) groups excluding carboxylic acids is 1. The molecule has 1 aromatic heterocycles. The van der Waals surface area contributed by atoms with Crippen molar-refractivity contribution in [3.63, 3.8) is 0 Å². The maximum Gasteiger partial charge on any atom is 0.251 e. The molecule has 8 heteroatoms. The Morgan fingerprint density at radius 3 is 2.55 bits per heavy atom. The number of carbonyl (C=O) groups is 1. The summed E-state index contributed by atoms with van der Waals surface area (Å²) < 4.78 is 7.62. The zero-order chi connectivity index (χ0) is 21.5. The fourth-order valence-corrected chi connectivity index (χ4v) is 4.05. The number of ether oxygens (including phenoxy) is 1. The molecule has 2 aromatic rings. The lowest BCUT2D eigenvalue weighted by Gasteiger charge is -2.37. The second-order valence-corrected chi connectivity index (χ2v) is 8.04. The Kier molecular flexibility index (Phi) is 7.19. The molecule has 0 saturated carbocycles. The van der Waals surface area contributed by atoms with Gasteiger partial charge in [0.2, 0.25) is 0 Å². The smallest absolute Gasteiger partial charge is 0.251 e. The third-order valence-corrected chi connectivity index (χ3v) is 5.79. The number of imidazole rings is 1. The Morgan fingerprint density at radius 1 is 1.16 bits per heavy atom.